The van der Waals surface area contributed by atoms with Gasteiger partial charge in [0.25, 0.3) is 6.43 Å². The third-order valence-electron chi connectivity index (χ3n) is 1.66. The molecule has 2 N–H and O–H groups in total. The summed E-state index contributed by atoms with van der Waals surface area (Å²) >= 11 is 2.84. The van der Waals surface area contributed by atoms with Gasteiger partial charge in [0.2, 0.25) is 0 Å². The van der Waals surface area contributed by atoms with E-state index in [9.17, 15) is 18.7 Å². The predicted octanol–water partition coefficient (Wildman–Crippen LogP) is 2.11. The SMILES string of the molecule is O=C(O)Cc1c(C(F)F)ncc(O)c1Br. The van der Waals surface area contributed by atoms with Gasteiger partial charge in [0.15, 0.2) is 0 Å². The first kappa shape index (κ1) is 11.8. The minimum atomic E-state index is -2.88. The first-order valence-electron chi connectivity index (χ1n) is 3.79. The van der Waals surface area contributed by atoms with Crippen LogP contribution in [0.3, 0.4) is 0 Å². The molecule has 0 bridgehead atoms. The van der Waals surface area contributed by atoms with Gasteiger partial charge in [0, 0.05) is 5.56 Å². The van der Waals surface area contributed by atoms with Crippen molar-refractivity contribution in [2.45, 2.75) is 12.8 Å². The molecule has 0 amide bonds. The van der Waals surface area contributed by atoms with E-state index in [1.165, 1.54) is 0 Å². The highest BCUT2D eigenvalue weighted by molar-refractivity contribution is 9.10. The zero-order valence-corrected chi connectivity index (χ0v) is 8.83. The highest BCUT2D eigenvalue weighted by Gasteiger charge is 2.21. The topological polar surface area (TPSA) is 70.4 Å². The summed E-state index contributed by atoms with van der Waals surface area (Å²) in [5, 5.41) is 17.7. The third-order valence-corrected chi connectivity index (χ3v) is 2.54. The van der Waals surface area contributed by atoms with Gasteiger partial charge in [-0.2, -0.15) is 0 Å². The van der Waals surface area contributed by atoms with Crippen molar-refractivity contribution < 1.29 is 23.8 Å². The molecule has 1 heterocycles. The number of alkyl halides is 2. The average molecular weight is 282 g/mol. The van der Waals surface area contributed by atoms with Crippen molar-refractivity contribution in [2.24, 2.45) is 0 Å². The fourth-order valence-corrected chi connectivity index (χ4v) is 1.49. The van der Waals surface area contributed by atoms with Gasteiger partial charge < -0.3 is 10.2 Å². The Morgan fingerprint density at radius 3 is 2.67 bits per heavy atom. The molecule has 0 aliphatic rings. The van der Waals surface area contributed by atoms with Crippen LogP contribution >= 0.6 is 15.9 Å². The lowest BCUT2D eigenvalue weighted by molar-refractivity contribution is -0.136. The number of aliphatic carboxylic acids is 1. The summed E-state index contributed by atoms with van der Waals surface area (Å²) in [6.45, 7) is 0. The predicted molar refractivity (Wildman–Crippen MR) is 49.9 cm³/mol. The number of nitrogens with zero attached hydrogens (tertiary/aromatic N) is 1. The van der Waals surface area contributed by atoms with E-state index in [4.69, 9.17) is 5.11 Å². The maximum Gasteiger partial charge on any atom is 0.307 e. The Morgan fingerprint density at radius 1 is 1.60 bits per heavy atom. The fourth-order valence-electron chi connectivity index (χ4n) is 1.04. The smallest absolute Gasteiger partial charge is 0.307 e. The van der Waals surface area contributed by atoms with E-state index in [1.54, 1.807) is 0 Å². The Morgan fingerprint density at radius 2 is 2.20 bits per heavy atom. The molecular formula is C8H6BrF2NO3. The third kappa shape index (κ3) is 2.62. The largest absolute Gasteiger partial charge is 0.505 e. The lowest BCUT2D eigenvalue weighted by Gasteiger charge is -2.09. The number of hydrogen-bond acceptors (Lipinski definition) is 3. The molecule has 0 atom stereocenters. The van der Waals surface area contributed by atoms with E-state index < -0.39 is 24.5 Å². The highest BCUT2D eigenvalue weighted by atomic mass is 79.9. The minimum Gasteiger partial charge on any atom is -0.505 e. The number of carbonyl (C=O) groups is 1. The van der Waals surface area contributed by atoms with E-state index in [-0.39, 0.29) is 15.8 Å². The lowest BCUT2D eigenvalue weighted by Crippen LogP contribution is -2.07. The number of rotatable bonds is 3. The number of pyridine rings is 1. The molecule has 0 aromatic carbocycles. The Bertz CT molecular complexity index is 398. The molecule has 0 aliphatic heterocycles. The molecule has 0 spiro atoms. The zero-order chi connectivity index (χ0) is 11.6. The summed E-state index contributed by atoms with van der Waals surface area (Å²) in [6.07, 6.45) is -2.66. The van der Waals surface area contributed by atoms with E-state index in [0.29, 0.717) is 0 Å². The summed E-state index contributed by atoms with van der Waals surface area (Å²) in [6, 6.07) is 0. The van der Waals surface area contributed by atoms with Crippen LogP contribution in [0.15, 0.2) is 10.7 Å². The number of carboxylic acid groups (broad SMARTS) is 1. The molecule has 0 saturated heterocycles. The molecule has 1 aromatic heterocycles. The fraction of sp³-hybridized carbons (Fsp3) is 0.250. The molecule has 0 aliphatic carbocycles. The van der Waals surface area contributed by atoms with Crippen LogP contribution in [-0.2, 0) is 11.2 Å². The normalized spacial score (nSPS) is 10.7. The zero-order valence-electron chi connectivity index (χ0n) is 7.25. The van der Waals surface area contributed by atoms with Crippen molar-refractivity contribution in [1.29, 1.82) is 0 Å². The minimum absolute atomic E-state index is 0.0600. The van der Waals surface area contributed by atoms with Gasteiger partial charge in [0.05, 0.1) is 17.1 Å². The molecular weight excluding hydrogens is 276 g/mol. The summed E-state index contributed by atoms with van der Waals surface area (Å²) in [7, 11) is 0. The van der Waals surface area contributed by atoms with Crippen LogP contribution < -0.4 is 0 Å². The molecule has 4 nitrogen and oxygen atoms in total. The van der Waals surface area contributed by atoms with Crippen LogP contribution in [0.5, 0.6) is 5.75 Å². The summed E-state index contributed by atoms with van der Waals surface area (Å²) in [4.78, 5) is 13.7. The Balaban J connectivity index is 3.28. The van der Waals surface area contributed by atoms with Gasteiger partial charge in [0.1, 0.15) is 11.4 Å². The number of carboxylic acids is 1. The van der Waals surface area contributed by atoms with Crippen LogP contribution in [0.1, 0.15) is 17.7 Å². The van der Waals surface area contributed by atoms with Gasteiger partial charge in [-0.05, 0) is 15.9 Å². The van der Waals surface area contributed by atoms with E-state index >= 15 is 0 Å². The molecule has 1 rings (SSSR count). The van der Waals surface area contributed by atoms with Crippen LogP contribution in [0.2, 0.25) is 0 Å². The number of aromatic nitrogens is 1. The van der Waals surface area contributed by atoms with Crippen LogP contribution in [-0.4, -0.2) is 21.2 Å². The van der Waals surface area contributed by atoms with Crippen molar-refractivity contribution in [3.63, 3.8) is 0 Å². The molecule has 0 unspecified atom stereocenters. The quantitative estimate of drug-likeness (QED) is 0.890. The van der Waals surface area contributed by atoms with Crippen LogP contribution in [0, 0.1) is 0 Å². The first-order chi connectivity index (χ1) is 6.93. The summed E-state index contributed by atoms with van der Waals surface area (Å²) in [5.41, 5.74) is -0.848. The monoisotopic (exact) mass is 281 g/mol. The van der Waals surface area contributed by atoms with Crippen molar-refractivity contribution in [3.05, 3.63) is 21.9 Å². The second-order valence-corrected chi connectivity index (χ2v) is 3.49. The number of aromatic hydroxyl groups is 1. The highest BCUT2D eigenvalue weighted by Crippen LogP contribution is 2.33. The standard InChI is InChI=1S/C8H6BrF2NO3/c9-6-3(1-5(14)15)7(8(10)11)12-2-4(6)13/h2,8,13H,1H2,(H,14,15). The second-order valence-electron chi connectivity index (χ2n) is 2.69. The van der Waals surface area contributed by atoms with Crippen molar-refractivity contribution >= 4 is 21.9 Å². The molecule has 82 valence electrons. The Hall–Kier alpha value is -1.24. The van der Waals surface area contributed by atoms with Crippen LogP contribution in [0.4, 0.5) is 8.78 Å². The van der Waals surface area contributed by atoms with Crippen LogP contribution in [0.25, 0.3) is 0 Å². The van der Waals surface area contributed by atoms with Gasteiger partial charge in [-0.15, -0.1) is 0 Å². The van der Waals surface area contributed by atoms with Gasteiger partial charge in [-0.3, -0.25) is 9.78 Å². The summed E-state index contributed by atoms with van der Waals surface area (Å²) < 4.78 is 24.8. The lowest BCUT2D eigenvalue weighted by atomic mass is 10.1. The van der Waals surface area contributed by atoms with Gasteiger partial charge in [-0.1, -0.05) is 0 Å². The molecule has 1 aromatic rings. The average Bonchev–Trinajstić information content (AvgIpc) is 2.12. The maximum atomic E-state index is 12.4. The van der Waals surface area contributed by atoms with E-state index in [0.717, 1.165) is 6.20 Å². The van der Waals surface area contributed by atoms with Gasteiger partial charge in [-0.25, -0.2) is 8.78 Å². The van der Waals surface area contributed by atoms with E-state index in [1.807, 2.05) is 0 Å². The first-order valence-corrected chi connectivity index (χ1v) is 4.59. The molecule has 7 heteroatoms. The number of hydrogen-bond donors (Lipinski definition) is 2. The molecule has 0 radical (unpaired) electrons. The van der Waals surface area contributed by atoms with Crippen molar-refractivity contribution in [2.75, 3.05) is 0 Å². The second kappa shape index (κ2) is 4.52. The van der Waals surface area contributed by atoms with Gasteiger partial charge >= 0.3 is 5.97 Å². The molecule has 0 saturated carbocycles. The number of halogens is 3. The molecule has 0 fully saturated rings. The molecule has 15 heavy (non-hydrogen) atoms. The maximum absolute atomic E-state index is 12.4. The van der Waals surface area contributed by atoms with Crippen molar-refractivity contribution in [3.8, 4) is 5.75 Å². The summed E-state index contributed by atoms with van der Waals surface area (Å²) in [5.74, 6) is -1.64. The Labute approximate surface area is 91.7 Å². The Kier molecular flexibility index (Phi) is 3.57. The van der Waals surface area contributed by atoms with E-state index in [2.05, 4.69) is 20.9 Å². The van der Waals surface area contributed by atoms with Crippen molar-refractivity contribution in [1.82, 2.24) is 4.98 Å².